The van der Waals surface area contributed by atoms with E-state index in [2.05, 4.69) is 81.2 Å². The third kappa shape index (κ3) is 2.15. The molecule has 3 aromatic heterocycles. The molecule has 0 unspecified atom stereocenters. The van der Waals surface area contributed by atoms with Crippen molar-refractivity contribution in [3.05, 3.63) is 83.2 Å². The molecule has 30 heavy (non-hydrogen) atoms. The Balaban J connectivity index is 1.74. The minimum atomic E-state index is -0.0939. The first-order valence-corrected chi connectivity index (χ1v) is 10.3. The van der Waals surface area contributed by atoms with Crippen LogP contribution in [0.3, 0.4) is 0 Å². The van der Waals surface area contributed by atoms with Crippen molar-refractivity contribution in [1.82, 2.24) is 9.97 Å². The number of benzene rings is 2. The van der Waals surface area contributed by atoms with Gasteiger partial charge in [-0.1, -0.05) is 50.2 Å². The zero-order chi connectivity index (χ0) is 20.6. The standard InChI is InChI=1S/C27H22N2O/c1-15-9-12-21(28-13-15)22-16(2)10-11-18-24-26(30-25(18)22)23-17-7-5-6-8-19(17)27(3,4)20(23)14-29-24/h5-14H,1-4H3. The molecular weight excluding hydrogens is 368 g/mol. The number of aryl methyl sites for hydroxylation is 2. The second-order valence-electron chi connectivity index (χ2n) is 8.85. The van der Waals surface area contributed by atoms with E-state index in [4.69, 9.17) is 9.40 Å². The summed E-state index contributed by atoms with van der Waals surface area (Å²) in [6.07, 6.45) is 3.95. The first-order chi connectivity index (χ1) is 14.5. The maximum Gasteiger partial charge on any atom is 0.162 e. The minimum Gasteiger partial charge on any atom is -0.453 e. The van der Waals surface area contributed by atoms with Gasteiger partial charge in [0.2, 0.25) is 0 Å². The molecule has 1 aliphatic rings. The van der Waals surface area contributed by atoms with Gasteiger partial charge in [-0.25, -0.2) is 0 Å². The summed E-state index contributed by atoms with van der Waals surface area (Å²) in [5.41, 5.74) is 11.8. The van der Waals surface area contributed by atoms with Gasteiger partial charge in [-0.05, 0) is 53.8 Å². The fourth-order valence-corrected chi connectivity index (χ4v) is 4.93. The van der Waals surface area contributed by atoms with Crippen LogP contribution in [0.1, 0.15) is 36.1 Å². The number of fused-ring (bicyclic) bond motifs is 7. The van der Waals surface area contributed by atoms with E-state index >= 15 is 0 Å². The summed E-state index contributed by atoms with van der Waals surface area (Å²) in [5.74, 6) is 0. The Bertz CT molecular complexity index is 1470. The van der Waals surface area contributed by atoms with Crippen LogP contribution in [0.15, 0.2) is 65.3 Å². The molecule has 0 atom stereocenters. The summed E-state index contributed by atoms with van der Waals surface area (Å²) < 4.78 is 6.64. The van der Waals surface area contributed by atoms with Crippen molar-refractivity contribution in [2.24, 2.45) is 0 Å². The molecule has 0 aliphatic heterocycles. The summed E-state index contributed by atoms with van der Waals surface area (Å²) >= 11 is 0. The van der Waals surface area contributed by atoms with Crippen molar-refractivity contribution in [1.29, 1.82) is 0 Å². The molecule has 0 amide bonds. The Morgan fingerprint density at radius 1 is 0.767 bits per heavy atom. The van der Waals surface area contributed by atoms with E-state index in [1.165, 1.54) is 22.3 Å². The van der Waals surface area contributed by atoms with Gasteiger partial charge in [-0.15, -0.1) is 0 Å². The summed E-state index contributed by atoms with van der Waals surface area (Å²) in [6, 6.07) is 17.1. The second kappa shape index (κ2) is 5.79. The smallest absolute Gasteiger partial charge is 0.162 e. The SMILES string of the molecule is Cc1ccc(-c2c(C)ccc3c2oc2c4c(cnc23)C(C)(C)c2ccccc2-4)nc1. The molecular formula is C27H22N2O. The average Bonchev–Trinajstić information content (AvgIpc) is 3.22. The number of hydrogen-bond acceptors (Lipinski definition) is 3. The van der Waals surface area contributed by atoms with Gasteiger partial charge in [0, 0.05) is 34.3 Å². The Labute approximate surface area is 175 Å². The Morgan fingerprint density at radius 2 is 1.60 bits per heavy atom. The van der Waals surface area contributed by atoms with Gasteiger partial charge in [-0.2, -0.15) is 0 Å². The lowest BCUT2D eigenvalue weighted by atomic mass is 9.83. The van der Waals surface area contributed by atoms with Crippen LogP contribution in [0.25, 0.3) is 44.5 Å². The third-order valence-corrected chi connectivity index (χ3v) is 6.57. The highest BCUT2D eigenvalue weighted by Crippen LogP contribution is 2.52. The average molecular weight is 390 g/mol. The number of pyridine rings is 2. The Kier molecular flexibility index (Phi) is 3.36. The molecule has 0 fully saturated rings. The van der Waals surface area contributed by atoms with E-state index in [0.717, 1.165) is 44.5 Å². The van der Waals surface area contributed by atoms with Crippen molar-refractivity contribution in [3.8, 4) is 22.4 Å². The fraction of sp³-hybridized carbons (Fsp3) is 0.185. The predicted molar refractivity (Wildman–Crippen MR) is 122 cm³/mol. The van der Waals surface area contributed by atoms with Gasteiger partial charge in [0.1, 0.15) is 11.1 Å². The lowest BCUT2D eigenvalue weighted by Crippen LogP contribution is -2.15. The Hall–Kier alpha value is -3.46. The van der Waals surface area contributed by atoms with Crippen LogP contribution in [-0.2, 0) is 5.41 Å². The van der Waals surface area contributed by atoms with Crippen LogP contribution in [0.5, 0.6) is 0 Å². The first-order valence-electron chi connectivity index (χ1n) is 10.3. The van der Waals surface area contributed by atoms with Crippen molar-refractivity contribution >= 4 is 22.1 Å². The van der Waals surface area contributed by atoms with E-state index in [-0.39, 0.29) is 5.41 Å². The predicted octanol–water partition coefficient (Wildman–Crippen LogP) is 6.97. The monoisotopic (exact) mass is 390 g/mol. The zero-order valence-electron chi connectivity index (χ0n) is 17.6. The Morgan fingerprint density at radius 3 is 2.40 bits per heavy atom. The molecule has 146 valence electrons. The molecule has 0 N–H and O–H groups in total. The van der Waals surface area contributed by atoms with Crippen molar-refractivity contribution in [2.75, 3.05) is 0 Å². The third-order valence-electron chi connectivity index (χ3n) is 6.57. The maximum absolute atomic E-state index is 6.64. The number of furan rings is 1. The lowest BCUT2D eigenvalue weighted by Gasteiger charge is -2.20. The molecule has 0 radical (unpaired) electrons. The highest BCUT2D eigenvalue weighted by molar-refractivity contribution is 6.12. The maximum atomic E-state index is 6.64. The van der Waals surface area contributed by atoms with Gasteiger partial charge in [0.15, 0.2) is 5.58 Å². The van der Waals surface area contributed by atoms with Crippen LogP contribution in [0.2, 0.25) is 0 Å². The van der Waals surface area contributed by atoms with Crippen LogP contribution < -0.4 is 0 Å². The number of nitrogens with zero attached hydrogens (tertiary/aromatic N) is 2. The molecule has 5 aromatic rings. The number of hydrogen-bond donors (Lipinski definition) is 0. The van der Waals surface area contributed by atoms with E-state index in [1.807, 2.05) is 12.4 Å². The van der Waals surface area contributed by atoms with Gasteiger partial charge < -0.3 is 4.42 Å². The zero-order valence-corrected chi connectivity index (χ0v) is 17.6. The fourth-order valence-electron chi connectivity index (χ4n) is 4.93. The van der Waals surface area contributed by atoms with E-state index in [9.17, 15) is 0 Å². The molecule has 0 saturated carbocycles. The molecule has 0 saturated heterocycles. The molecule has 3 nitrogen and oxygen atoms in total. The van der Waals surface area contributed by atoms with Crippen molar-refractivity contribution in [2.45, 2.75) is 33.1 Å². The van der Waals surface area contributed by atoms with Gasteiger partial charge in [-0.3, -0.25) is 9.97 Å². The van der Waals surface area contributed by atoms with Crippen molar-refractivity contribution in [3.63, 3.8) is 0 Å². The summed E-state index contributed by atoms with van der Waals surface area (Å²) in [5, 5.41) is 1.04. The van der Waals surface area contributed by atoms with E-state index < -0.39 is 0 Å². The largest absolute Gasteiger partial charge is 0.453 e. The van der Waals surface area contributed by atoms with Crippen LogP contribution in [0, 0.1) is 13.8 Å². The molecule has 2 aromatic carbocycles. The molecule has 6 rings (SSSR count). The normalized spacial score (nSPS) is 14.3. The van der Waals surface area contributed by atoms with Gasteiger partial charge >= 0.3 is 0 Å². The lowest BCUT2D eigenvalue weighted by molar-refractivity contribution is 0.650. The van der Waals surface area contributed by atoms with Crippen LogP contribution in [0.4, 0.5) is 0 Å². The molecule has 0 bridgehead atoms. The molecule has 3 heteroatoms. The topological polar surface area (TPSA) is 38.9 Å². The quantitative estimate of drug-likeness (QED) is 0.310. The summed E-state index contributed by atoms with van der Waals surface area (Å²) in [6.45, 7) is 8.69. The summed E-state index contributed by atoms with van der Waals surface area (Å²) in [4.78, 5) is 9.56. The van der Waals surface area contributed by atoms with Crippen LogP contribution in [-0.4, -0.2) is 9.97 Å². The molecule has 3 heterocycles. The van der Waals surface area contributed by atoms with E-state index in [1.54, 1.807) is 0 Å². The molecule has 0 spiro atoms. The summed E-state index contributed by atoms with van der Waals surface area (Å²) in [7, 11) is 0. The number of rotatable bonds is 1. The van der Waals surface area contributed by atoms with E-state index in [0.29, 0.717) is 0 Å². The van der Waals surface area contributed by atoms with Crippen LogP contribution >= 0.6 is 0 Å². The highest BCUT2D eigenvalue weighted by atomic mass is 16.3. The highest BCUT2D eigenvalue weighted by Gasteiger charge is 2.38. The second-order valence-corrected chi connectivity index (χ2v) is 8.85. The first kappa shape index (κ1) is 17.4. The van der Waals surface area contributed by atoms with Crippen molar-refractivity contribution < 1.29 is 4.42 Å². The minimum absolute atomic E-state index is 0.0939. The van der Waals surface area contributed by atoms with Gasteiger partial charge in [0.25, 0.3) is 0 Å². The van der Waals surface area contributed by atoms with Gasteiger partial charge in [0.05, 0.1) is 5.69 Å². The number of aromatic nitrogens is 2. The molecule has 1 aliphatic carbocycles.